The number of nitrogens with zero attached hydrogens (tertiary/aromatic N) is 1. The Morgan fingerprint density at radius 3 is 2.06 bits per heavy atom. The second kappa shape index (κ2) is 8.23. The van der Waals surface area contributed by atoms with Crippen molar-refractivity contribution in [2.24, 2.45) is 0 Å². The molecule has 0 fully saturated rings. The molecule has 3 amide bonds. The number of hydrogen-bond acceptors (Lipinski definition) is 5. The van der Waals surface area contributed by atoms with Gasteiger partial charge in [0.1, 0.15) is 0 Å². The molecule has 1 aliphatic heterocycles. The molecule has 154 valence electrons. The van der Waals surface area contributed by atoms with E-state index in [9.17, 15) is 19.2 Å². The van der Waals surface area contributed by atoms with Crippen molar-refractivity contribution in [1.29, 1.82) is 0 Å². The summed E-state index contributed by atoms with van der Waals surface area (Å²) in [4.78, 5) is 54.4. The highest BCUT2D eigenvalue weighted by Crippen LogP contribution is 2.23. The van der Waals surface area contributed by atoms with Gasteiger partial charge >= 0.3 is 5.97 Å². The molecule has 1 heterocycles. The quantitative estimate of drug-likeness (QED) is 0.647. The number of hydrogen-bond donors (Lipinski definition) is 1. The first-order valence-corrected chi connectivity index (χ1v) is 9.58. The molecular weight excluding hydrogens is 396 g/mol. The number of aryl methyl sites for hydroxylation is 1. The monoisotopic (exact) mass is 414 g/mol. The van der Waals surface area contributed by atoms with Crippen LogP contribution in [0, 0.1) is 6.92 Å². The molecule has 0 bridgehead atoms. The van der Waals surface area contributed by atoms with Crippen molar-refractivity contribution in [1.82, 2.24) is 10.4 Å². The van der Waals surface area contributed by atoms with E-state index in [2.05, 4.69) is 5.32 Å². The third kappa shape index (κ3) is 4.06. The Hall–Kier alpha value is -4.26. The van der Waals surface area contributed by atoms with Gasteiger partial charge < -0.3 is 10.2 Å². The number of fused-ring (bicyclic) bond motifs is 1. The predicted molar refractivity (Wildman–Crippen MR) is 111 cm³/mol. The van der Waals surface area contributed by atoms with Crippen molar-refractivity contribution < 1.29 is 24.0 Å². The first-order valence-electron chi connectivity index (χ1n) is 9.58. The van der Waals surface area contributed by atoms with Crippen LogP contribution >= 0.6 is 0 Å². The zero-order valence-corrected chi connectivity index (χ0v) is 16.6. The number of carbonyl (C=O) groups excluding carboxylic acids is 4. The number of hydroxylamine groups is 2. The van der Waals surface area contributed by atoms with Crippen molar-refractivity contribution in [3.05, 3.63) is 106 Å². The number of benzene rings is 3. The summed E-state index contributed by atoms with van der Waals surface area (Å²) >= 11 is 0. The largest absolute Gasteiger partial charge is 0.363 e. The molecule has 31 heavy (non-hydrogen) atoms. The van der Waals surface area contributed by atoms with Crippen LogP contribution in [0.5, 0.6) is 0 Å². The van der Waals surface area contributed by atoms with Gasteiger partial charge in [0, 0.05) is 12.1 Å². The van der Waals surface area contributed by atoms with Crippen LogP contribution < -0.4 is 5.32 Å². The fourth-order valence-electron chi connectivity index (χ4n) is 3.25. The summed E-state index contributed by atoms with van der Waals surface area (Å²) in [5, 5.41) is 3.27. The third-order valence-electron chi connectivity index (χ3n) is 4.85. The Kier molecular flexibility index (Phi) is 5.32. The minimum absolute atomic E-state index is 0.104. The van der Waals surface area contributed by atoms with Crippen molar-refractivity contribution in [3.8, 4) is 0 Å². The molecule has 4 rings (SSSR count). The number of amides is 3. The fraction of sp³-hybridized carbons (Fsp3) is 0.0833. The molecule has 3 aromatic rings. The molecule has 3 aromatic carbocycles. The Balaban J connectivity index is 1.39. The normalized spacial score (nSPS) is 12.5. The van der Waals surface area contributed by atoms with Gasteiger partial charge in [-0.3, -0.25) is 14.4 Å². The molecule has 7 nitrogen and oxygen atoms in total. The first kappa shape index (κ1) is 20.0. The Labute approximate surface area is 178 Å². The van der Waals surface area contributed by atoms with Crippen molar-refractivity contribution in [2.45, 2.75) is 13.5 Å². The second-order valence-electron chi connectivity index (χ2n) is 7.08. The number of rotatable bonds is 5. The molecule has 0 radical (unpaired) electrons. The second-order valence-corrected chi connectivity index (χ2v) is 7.08. The van der Waals surface area contributed by atoms with Crippen LogP contribution in [0.15, 0.2) is 72.8 Å². The van der Waals surface area contributed by atoms with Gasteiger partial charge in [0.25, 0.3) is 17.7 Å². The van der Waals surface area contributed by atoms with Gasteiger partial charge in [0.15, 0.2) is 0 Å². The van der Waals surface area contributed by atoms with Crippen LogP contribution in [0.2, 0.25) is 0 Å². The lowest BCUT2D eigenvalue weighted by Gasteiger charge is -2.13. The van der Waals surface area contributed by atoms with E-state index in [1.54, 1.807) is 12.1 Å². The van der Waals surface area contributed by atoms with E-state index in [4.69, 9.17) is 4.84 Å². The van der Waals surface area contributed by atoms with Crippen molar-refractivity contribution in [3.63, 3.8) is 0 Å². The molecule has 1 aliphatic rings. The van der Waals surface area contributed by atoms with Crippen LogP contribution in [0.3, 0.4) is 0 Å². The average Bonchev–Trinajstić information content (AvgIpc) is 3.02. The molecule has 0 unspecified atom stereocenters. The third-order valence-corrected chi connectivity index (χ3v) is 4.85. The average molecular weight is 414 g/mol. The minimum atomic E-state index is -0.874. The van der Waals surface area contributed by atoms with Crippen LogP contribution in [0.1, 0.15) is 52.6 Å². The maximum atomic E-state index is 12.4. The van der Waals surface area contributed by atoms with Crippen molar-refractivity contribution in [2.75, 3.05) is 0 Å². The van der Waals surface area contributed by atoms with Gasteiger partial charge in [-0.1, -0.05) is 47.0 Å². The van der Waals surface area contributed by atoms with Gasteiger partial charge in [0.05, 0.1) is 16.7 Å². The summed E-state index contributed by atoms with van der Waals surface area (Å²) < 4.78 is 0. The van der Waals surface area contributed by atoms with E-state index in [-0.39, 0.29) is 22.6 Å². The van der Waals surface area contributed by atoms with E-state index < -0.39 is 17.8 Å². The molecule has 1 N–H and O–H groups in total. The van der Waals surface area contributed by atoms with Crippen LogP contribution in [0.4, 0.5) is 0 Å². The molecule has 0 spiro atoms. The summed E-state index contributed by atoms with van der Waals surface area (Å²) in [6.07, 6.45) is 0. The Morgan fingerprint density at radius 2 is 1.45 bits per heavy atom. The summed E-state index contributed by atoms with van der Waals surface area (Å²) in [6.45, 7) is 2.36. The van der Waals surface area contributed by atoms with Crippen molar-refractivity contribution >= 4 is 23.7 Å². The zero-order valence-electron chi connectivity index (χ0n) is 16.6. The Bertz CT molecular complexity index is 1170. The highest BCUT2D eigenvalue weighted by Gasteiger charge is 2.38. The maximum Gasteiger partial charge on any atom is 0.363 e. The van der Waals surface area contributed by atoms with E-state index in [1.165, 1.54) is 36.4 Å². The van der Waals surface area contributed by atoms with E-state index in [1.807, 2.05) is 31.2 Å². The van der Waals surface area contributed by atoms with Gasteiger partial charge in [0.2, 0.25) is 0 Å². The zero-order chi connectivity index (χ0) is 22.0. The molecule has 0 aliphatic carbocycles. The summed E-state index contributed by atoms with van der Waals surface area (Å²) in [5.41, 5.74) is 2.92. The Morgan fingerprint density at radius 1 is 0.839 bits per heavy atom. The number of imide groups is 1. The predicted octanol–water partition coefficient (Wildman–Crippen LogP) is 3.29. The SMILES string of the molecule is Cc1cccc(CNC(=O)c2ccc(C(=O)ON3C(=O)c4ccccc4C3=O)cc2)c1. The van der Waals surface area contributed by atoms with E-state index in [0.29, 0.717) is 17.2 Å². The first-order chi connectivity index (χ1) is 14.9. The molecule has 7 heteroatoms. The molecule has 0 atom stereocenters. The van der Waals surface area contributed by atoms with E-state index in [0.717, 1.165) is 11.1 Å². The van der Waals surface area contributed by atoms with Gasteiger partial charge in [-0.15, -0.1) is 0 Å². The smallest absolute Gasteiger partial charge is 0.348 e. The van der Waals surface area contributed by atoms with Gasteiger partial charge in [-0.2, -0.15) is 0 Å². The summed E-state index contributed by atoms with van der Waals surface area (Å²) in [5.74, 6) is -2.55. The minimum Gasteiger partial charge on any atom is -0.348 e. The summed E-state index contributed by atoms with van der Waals surface area (Å²) in [6, 6.07) is 19.8. The maximum absolute atomic E-state index is 12.4. The standard InChI is InChI=1S/C24H18N2O5/c1-15-5-4-6-16(13-15)14-25-21(27)17-9-11-18(12-10-17)24(30)31-26-22(28)19-7-2-3-8-20(19)23(26)29/h2-13H,14H2,1H3,(H,25,27). The summed E-state index contributed by atoms with van der Waals surface area (Å²) in [7, 11) is 0. The lowest BCUT2D eigenvalue weighted by atomic mass is 10.1. The molecule has 0 saturated heterocycles. The lowest BCUT2D eigenvalue weighted by molar-refractivity contribution is -0.0584. The van der Waals surface area contributed by atoms with E-state index >= 15 is 0 Å². The molecule has 0 saturated carbocycles. The highest BCUT2D eigenvalue weighted by molar-refractivity contribution is 6.21. The number of nitrogens with one attached hydrogen (secondary N) is 1. The fourth-order valence-corrected chi connectivity index (χ4v) is 3.25. The molecular formula is C24H18N2O5. The van der Waals surface area contributed by atoms with Crippen LogP contribution in [-0.4, -0.2) is 28.8 Å². The van der Waals surface area contributed by atoms with Gasteiger partial charge in [-0.25, -0.2) is 4.79 Å². The van der Waals surface area contributed by atoms with Gasteiger partial charge in [-0.05, 0) is 48.9 Å². The number of carbonyl (C=O) groups is 4. The molecule has 0 aromatic heterocycles. The lowest BCUT2D eigenvalue weighted by Crippen LogP contribution is -2.32. The highest BCUT2D eigenvalue weighted by atomic mass is 16.7. The van der Waals surface area contributed by atoms with Crippen LogP contribution in [-0.2, 0) is 11.4 Å². The van der Waals surface area contributed by atoms with Crippen LogP contribution in [0.25, 0.3) is 0 Å². The topological polar surface area (TPSA) is 92.8 Å².